The SMILES string of the molecule is c1cc2c(c(C3(C4CC4)CCCCCN3)c1)OCC2. The molecule has 3 aliphatic rings. The van der Waals surface area contributed by atoms with E-state index < -0.39 is 0 Å². The first-order valence-corrected chi connectivity index (χ1v) is 7.90. The summed E-state index contributed by atoms with van der Waals surface area (Å²) in [5, 5.41) is 3.92. The van der Waals surface area contributed by atoms with Gasteiger partial charge in [0.1, 0.15) is 5.75 Å². The molecule has 1 aromatic carbocycles. The number of fused-ring (bicyclic) bond motifs is 1. The van der Waals surface area contributed by atoms with Gasteiger partial charge in [0, 0.05) is 17.5 Å². The first kappa shape index (κ1) is 11.8. The lowest BCUT2D eigenvalue weighted by Crippen LogP contribution is -2.44. The Balaban J connectivity index is 1.80. The number of ether oxygens (including phenoxy) is 1. The zero-order chi connectivity index (χ0) is 12.7. The van der Waals surface area contributed by atoms with Gasteiger partial charge in [-0.2, -0.15) is 0 Å². The number of hydrogen-bond donors (Lipinski definition) is 1. The molecule has 4 rings (SSSR count). The molecule has 2 heterocycles. The van der Waals surface area contributed by atoms with E-state index in [9.17, 15) is 0 Å². The van der Waals surface area contributed by atoms with Gasteiger partial charge in [-0.15, -0.1) is 0 Å². The molecule has 0 bridgehead atoms. The predicted octanol–water partition coefficient (Wildman–Crippen LogP) is 3.39. The fourth-order valence-corrected chi connectivity index (χ4v) is 4.05. The molecule has 1 aromatic rings. The standard InChI is InChI=1S/C17H23NO/c1-2-10-17(14-7-8-14,18-11-3-1)15-6-4-5-13-9-12-19-16(13)15/h4-6,14,18H,1-3,7-12H2. The first-order valence-electron chi connectivity index (χ1n) is 7.90. The van der Waals surface area contributed by atoms with Crippen molar-refractivity contribution in [3.05, 3.63) is 29.3 Å². The van der Waals surface area contributed by atoms with Crippen LogP contribution < -0.4 is 10.1 Å². The molecule has 1 saturated heterocycles. The molecule has 102 valence electrons. The van der Waals surface area contributed by atoms with E-state index in [1.807, 2.05) is 0 Å². The van der Waals surface area contributed by atoms with Crippen LogP contribution in [0, 0.1) is 5.92 Å². The molecule has 1 saturated carbocycles. The lowest BCUT2D eigenvalue weighted by molar-refractivity contribution is 0.262. The molecule has 0 spiro atoms. The predicted molar refractivity (Wildman–Crippen MR) is 76.5 cm³/mol. The number of hydrogen-bond acceptors (Lipinski definition) is 2. The normalized spacial score (nSPS) is 30.5. The first-order chi connectivity index (χ1) is 9.40. The van der Waals surface area contributed by atoms with Crippen molar-refractivity contribution in [3.63, 3.8) is 0 Å². The van der Waals surface area contributed by atoms with Crippen LogP contribution in [0.25, 0.3) is 0 Å². The van der Waals surface area contributed by atoms with Crippen LogP contribution in [0.15, 0.2) is 18.2 Å². The van der Waals surface area contributed by atoms with Crippen LogP contribution in [0.4, 0.5) is 0 Å². The lowest BCUT2D eigenvalue weighted by Gasteiger charge is -2.36. The lowest BCUT2D eigenvalue weighted by atomic mass is 9.80. The highest BCUT2D eigenvalue weighted by Gasteiger charge is 2.48. The van der Waals surface area contributed by atoms with E-state index in [2.05, 4.69) is 23.5 Å². The summed E-state index contributed by atoms with van der Waals surface area (Å²) < 4.78 is 5.99. The molecule has 1 N–H and O–H groups in total. The number of para-hydroxylation sites is 1. The molecule has 0 radical (unpaired) electrons. The highest BCUT2D eigenvalue weighted by molar-refractivity contribution is 5.48. The van der Waals surface area contributed by atoms with Crippen LogP contribution in [-0.4, -0.2) is 13.2 Å². The van der Waals surface area contributed by atoms with Crippen LogP contribution in [-0.2, 0) is 12.0 Å². The van der Waals surface area contributed by atoms with Gasteiger partial charge >= 0.3 is 0 Å². The minimum Gasteiger partial charge on any atom is -0.493 e. The Morgan fingerprint density at radius 3 is 3.00 bits per heavy atom. The highest BCUT2D eigenvalue weighted by Crippen LogP contribution is 2.52. The maximum atomic E-state index is 5.99. The van der Waals surface area contributed by atoms with E-state index in [1.54, 1.807) is 0 Å². The molecule has 1 unspecified atom stereocenters. The van der Waals surface area contributed by atoms with Gasteiger partial charge in [-0.25, -0.2) is 0 Å². The molecule has 0 aromatic heterocycles. The Morgan fingerprint density at radius 1 is 1.16 bits per heavy atom. The summed E-state index contributed by atoms with van der Waals surface area (Å²) in [4.78, 5) is 0. The van der Waals surface area contributed by atoms with E-state index in [4.69, 9.17) is 4.74 Å². The van der Waals surface area contributed by atoms with E-state index in [0.717, 1.165) is 18.9 Å². The number of nitrogens with one attached hydrogen (secondary N) is 1. The summed E-state index contributed by atoms with van der Waals surface area (Å²) in [7, 11) is 0. The van der Waals surface area contributed by atoms with Gasteiger partial charge in [0.05, 0.1) is 6.61 Å². The minimum absolute atomic E-state index is 0.214. The van der Waals surface area contributed by atoms with Gasteiger partial charge in [-0.3, -0.25) is 0 Å². The highest BCUT2D eigenvalue weighted by atomic mass is 16.5. The number of rotatable bonds is 2. The Morgan fingerprint density at radius 2 is 2.11 bits per heavy atom. The zero-order valence-corrected chi connectivity index (χ0v) is 11.6. The van der Waals surface area contributed by atoms with Crippen molar-refractivity contribution >= 4 is 0 Å². The van der Waals surface area contributed by atoms with Gasteiger partial charge in [0.2, 0.25) is 0 Å². The largest absolute Gasteiger partial charge is 0.493 e. The summed E-state index contributed by atoms with van der Waals surface area (Å²) in [5.74, 6) is 2.05. The van der Waals surface area contributed by atoms with Gasteiger partial charge in [-0.05, 0) is 43.7 Å². The molecule has 2 nitrogen and oxygen atoms in total. The summed E-state index contributed by atoms with van der Waals surface area (Å²) >= 11 is 0. The molecule has 2 heteroatoms. The van der Waals surface area contributed by atoms with Crippen LogP contribution in [0.2, 0.25) is 0 Å². The second-order valence-electron chi connectivity index (χ2n) is 6.38. The Hall–Kier alpha value is -1.02. The van der Waals surface area contributed by atoms with Crippen LogP contribution in [0.3, 0.4) is 0 Å². The van der Waals surface area contributed by atoms with Gasteiger partial charge < -0.3 is 10.1 Å². The summed E-state index contributed by atoms with van der Waals surface area (Å²) in [6, 6.07) is 6.80. The van der Waals surface area contributed by atoms with Crippen molar-refractivity contribution in [2.24, 2.45) is 5.92 Å². The second-order valence-corrected chi connectivity index (χ2v) is 6.38. The van der Waals surface area contributed by atoms with Crippen molar-refractivity contribution in [1.29, 1.82) is 0 Å². The average Bonchev–Trinajstić information content (AvgIpc) is 3.21. The summed E-state index contributed by atoms with van der Waals surface area (Å²) in [5.41, 5.74) is 3.10. The van der Waals surface area contributed by atoms with E-state index in [-0.39, 0.29) is 5.54 Å². The van der Waals surface area contributed by atoms with Crippen molar-refractivity contribution < 1.29 is 4.74 Å². The average molecular weight is 257 g/mol. The van der Waals surface area contributed by atoms with Crippen LogP contribution in [0.5, 0.6) is 5.75 Å². The molecule has 2 fully saturated rings. The molecule has 2 aliphatic heterocycles. The quantitative estimate of drug-likeness (QED) is 0.877. The summed E-state index contributed by atoms with van der Waals surface area (Å²) in [6.07, 6.45) is 9.20. The monoisotopic (exact) mass is 257 g/mol. The van der Waals surface area contributed by atoms with Crippen LogP contribution >= 0.6 is 0 Å². The maximum Gasteiger partial charge on any atom is 0.127 e. The van der Waals surface area contributed by atoms with Gasteiger partial charge in [-0.1, -0.05) is 31.0 Å². The smallest absolute Gasteiger partial charge is 0.127 e. The Labute approximate surface area is 115 Å². The molecule has 1 atom stereocenters. The third-order valence-electron chi connectivity index (χ3n) is 5.16. The summed E-state index contributed by atoms with van der Waals surface area (Å²) in [6.45, 7) is 2.03. The fraction of sp³-hybridized carbons (Fsp3) is 0.647. The maximum absolute atomic E-state index is 5.99. The zero-order valence-electron chi connectivity index (χ0n) is 11.6. The molecule has 1 aliphatic carbocycles. The second kappa shape index (κ2) is 4.52. The molecular weight excluding hydrogens is 234 g/mol. The van der Waals surface area contributed by atoms with Gasteiger partial charge in [0.15, 0.2) is 0 Å². The topological polar surface area (TPSA) is 21.3 Å². The Bertz CT molecular complexity index is 470. The molecular formula is C17H23NO. The molecule has 19 heavy (non-hydrogen) atoms. The van der Waals surface area contributed by atoms with Crippen molar-refractivity contribution in [3.8, 4) is 5.75 Å². The minimum atomic E-state index is 0.214. The van der Waals surface area contributed by atoms with Gasteiger partial charge in [0.25, 0.3) is 0 Å². The van der Waals surface area contributed by atoms with Crippen LogP contribution in [0.1, 0.15) is 49.7 Å². The third kappa shape index (κ3) is 1.88. The van der Waals surface area contributed by atoms with E-state index in [0.29, 0.717) is 0 Å². The molecule has 0 amide bonds. The van der Waals surface area contributed by atoms with Crippen molar-refractivity contribution in [1.82, 2.24) is 5.32 Å². The van der Waals surface area contributed by atoms with E-state index >= 15 is 0 Å². The third-order valence-corrected chi connectivity index (χ3v) is 5.16. The fourth-order valence-electron chi connectivity index (χ4n) is 4.05. The Kier molecular flexibility index (Phi) is 2.80. The van der Waals surface area contributed by atoms with Crippen molar-refractivity contribution in [2.45, 2.75) is 50.5 Å². The van der Waals surface area contributed by atoms with Crippen molar-refractivity contribution in [2.75, 3.05) is 13.2 Å². The van der Waals surface area contributed by atoms with E-state index in [1.165, 1.54) is 61.9 Å². The number of benzene rings is 1.